The second-order valence-electron chi connectivity index (χ2n) is 5.94. The van der Waals surface area contributed by atoms with Crippen LogP contribution in [0.15, 0.2) is 23.6 Å². The standard InChI is InChI=1S/C18H22N4O4S.ClH/c1-25-15-3-2-12(18(24)22-6-8-26-9-7-22)10-13(15)21-17(23)14-11-27-16(20-14)4-5-19;/h2-3,10-11H,4-9,19H2,1H3,(H,21,23);1H. The molecule has 0 radical (unpaired) electrons. The number of aromatic nitrogens is 1. The molecule has 152 valence electrons. The normalized spacial score (nSPS) is 13.6. The number of hydrogen-bond donors (Lipinski definition) is 2. The highest BCUT2D eigenvalue weighted by atomic mass is 35.5. The van der Waals surface area contributed by atoms with Gasteiger partial charge in [-0.15, -0.1) is 23.7 Å². The van der Waals surface area contributed by atoms with Crippen molar-refractivity contribution in [2.24, 2.45) is 5.73 Å². The minimum atomic E-state index is -0.358. The van der Waals surface area contributed by atoms with Crippen LogP contribution < -0.4 is 15.8 Å². The SMILES string of the molecule is COc1ccc(C(=O)N2CCOCC2)cc1NC(=O)c1csc(CCN)n1.Cl. The molecule has 1 aliphatic rings. The molecule has 0 bridgehead atoms. The van der Waals surface area contributed by atoms with E-state index in [4.69, 9.17) is 15.2 Å². The van der Waals surface area contributed by atoms with Gasteiger partial charge < -0.3 is 25.4 Å². The van der Waals surface area contributed by atoms with Crippen LogP contribution in [0.3, 0.4) is 0 Å². The van der Waals surface area contributed by atoms with E-state index in [1.807, 2.05) is 0 Å². The fraction of sp³-hybridized carbons (Fsp3) is 0.389. The molecule has 3 rings (SSSR count). The van der Waals surface area contributed by atoms with Gasteiger partial charge in [-0.05, 0) is 24.7 Å². The molecule has 0 aliphatic carbocycles. The monoisotopic (exact) mass is 426 g/mol. The summed E-state index contributed by atoms with van der Waals surface area (Å²) in [4.78, 5) is 31.2. The molecule has 0 spiro atoms. The average molecular weight is 427 g/mol. The Morgan fingerprint density at radius 3 is 2.79 bits per heavy atom. The molecule has 1 aromatic heterocycles. The molecular weight excluding hydrogens is 404 g/mol. The van der Waals surface area contributed by atoms with Gasteiger partial charge in [-0.1, -0.05) is 0 Å². The van der Waals surface area contributed by atoms with E-state index in [1.54, 1.807) is 28.5 Å². The zero-order valence-electron chi connectivity index (χ0n) is 15.5. The number of halogens is 1. The van der Waals surface area contributed by atoms with Gasteiger partial charge in [-0.2, -0.15) is 0 Å². The number of benzene rings is 1. The number of nitrogens with zero attached hydrogens (tertiary/aromatic N) is 2. The smallest absolute Gasteiger partial charge is 0.275 e. The lowest BCUT2D eigenvalue weighted by Crippen LogP contribution is -2.40. The van der Waals surface area contributed by atoms with Crippen molar-refractivity contribution in [1.82, 2.24) is 9.88 Å². The molecule has 2 amide bonds. The van der Waals surface area contributed by atoms with Gasteiger partial charge in [0.1, 0.15) is 11.4 Å². The lowest BCUT2D eigenvalue weighted by atomic mass is 10.1. The highest BCUT2D eigenvalue weighted by Crippen LogP contribution is 2.27. The summed E-state index contributed by atoms with van der Waals surface area (Å²) in [5.74, 6) is 0.0124. The predicted octanol–water partition coefficient (Wildman–Crippen LogP) is 1.80. The third-order valence-corrected chi connectivity index (χ3v) is 5.04. The number of anilines is 1. The Morgan fingerprint density at radius 1 is 1.36 bits per heavy atom. The number of methoxy groups -OCH3 is 1. The maximum absolute atomic E-state index is 12.7. The summed E-state index contributed by atoms with van der Waals surface area (Å²) in [6, 6.07) is 4.99. The van der Waals surface area contributed by atoms with E-state index in [1.165, 1.54) is 18.4 Å². The van der Waals surface area contributed by atoms with E-state index in [0.29, 0.717) is 62.0 Å². The molecule has 28 heavy (non-hydrogen) atoms. The first-order valence-corrected chi connectivity index (χ1v) is 9.51. The molecular formula is C18H23ClN4O4S. The summed E-state index contributed by atoms with van der Waals surface area (Å²) < 4.78 is 10.6. The molecule has 0 unspecified atom stereocenters. The van der Waals surface area contributed by atoms with Crippen LogP contribution >= 0.6 is 23.7 Å². The minimum absolute atomic E-state index is 0. The zero-order valence-corrected chi connectivity index (χ0v) is 17.1. The number of morpholine rings is 1. The van der Waals surface area contributed by atoms with Gasteiger partial charge in [0, 0.05) is 30.5 Å². The van der Waals surface area contributed by atoms with Crippen LogP contribution in [-0.2, 0) is 11.2 Å². The number of carbonyl (C=O) groups is 2. The third kappa shape index (κ3) is 5.20. The van der Waals surface area contributed by atoms with Gasteiger partial charge in [0.2, 0.25) is 0 Å². The number of nitrogens with one attached hydrogen (secondary N) is 1. The van der Waals surface area contributed by atoms with Crippen molar-refractivity contribution in [2.45, 2.75) is 6.42 Å². The molecule has 1 saturated heterocycles. The molecule has 1 fully saturated rings. The topological polar surface area (TPSA) is 107 Å². The first-order valence-electron chi connectivity index (χ1n) is 8.63. The molecule has 0 saturated carbocycles. The van der Waals surface area contributed by atoms with Crippen LogP contribution in [0.2, 0.25) is 0 Å². The van der Waals surface area contributed by atoms with Crippen LogP contribution in [-0.4, -0.2) is 61.7 Å². The Hall–Kier alpha value is -2.20. The van der Waals surface area contributed by atoms with Crippen molar-refractivity contribution in [1.29, 1.82) is 0 Å². The van der Waals surface area contributed by atoms with Crippen molar-refractivity contribution in [3.8, 4) is 5.75 Å². The zero-order chi connectivity index (χ0) is 19.2. The first-order chi connectivity index (χ1) is 13.1. The van der Waals surface area contributed by atoms with Gasteiger partial charge in [0.15, 0.2) is 0 Å². The highest BCUT2D eigenvalue weighted by molar-refractivity contribution is 7.09. The van der Waals surface area contributed by atoms with Crippen molar-refractivity contribution in [3.63, 3.8) is 0 Å². The largest absolute Gasteiger partial charge is 0.495 e. The summed E-state index contributed by atoms with van der Waals surface area (Å²) in [5, 5.41) is 5.29. The second-order valence-corrected chi connectivity index (χ2v) is 6.88. The Balaban J connectivity index is 0.00000280. The number of rotatable bonds is 6. The van der Waals surface area contributed by atoms with E-state index in [0.717, 1.165) is 5.01 Å². The number of hydrogen-bond acceptors (Lipinski definition) is 7. The number of amides is 2. The first kappa shape index (κ1) is 22.1. The van der Waals surface area contributed by atoms with Gasteiger partial charge in [0.05, 0.1) is 31.0 Å². The Bertz CT molecular complexity index is 824. The van der Waals surface area contributed by atoms with E-state index < -0.39 is 0 Å². The van der Waals surface area contributed by atoms with Crippen molar-refractivity contribution in [3.05, 3.63) is 39.8 Å². The van der Waals surface area contributed by atoms with E-state index in [2.05, 4.69) is 10.3 Å². The second kappa shape index (κ2) is 10.4. The lowest BCUT2D eigenvalue weighted by Gasteiger charge is -2.27. The Kier molecular flexibility index (Phi) is 8.18. The fourth-order valence-electron chi connectivity index (χ4n) is 2.73. The molecule has 1 aliphatic heterocycles. The summed E-state index contributed by atoms with van der Waals surface area (Å²) in [7, 11) is 1.51. The maximum Gasteiger partial charge on any atom is 0.275 e. The minimum Gasteiger partial charge on any atom is -0.495 e. The van der Waals surface area contributed by atoms with Crippen molar-refractivity contribution < 1.29 is 19.1 Å². The molecule has 10 heteroatoms. The Labute approximate surface area is 173 Å². The Morgan fingerprint density at radius 2 is 2.11 bits per heavy atom. The molecule has 1 aromatic carbocycles. The van der Waals surface area contributed by atoms with E-state index in [-0.39, 0.29) is 24.2 Å². The van der Waals surface area contributed by atoms with Crippen molar-refractivity contribution in [2.75, 3.05) is 45.3 Å². The van der Waals surface area contributed by atoms with Crippen LogP contribution in [0.1, 0.15) is 25.9 Å². The molecule has 2 heterocycles. The van der Waals surface area contributed by atoms with Gasteiger partial charge in [0.25, 0.3) is 11.8 Å². The van der Waals surface area contributed by atoms with Crippen LogP contribution in [0.5, 0.6) is 5.75 Å². The van der Waals surface area contributed by atoms with E-state index >= 15 is 0 Å². The summed E-state index contributed by atoms with van der Waals surface area (Å²) in [6.07, 6.45) is 0.630. The van der Waals surface area contributed by atoms with Gasteiger partial charge in [-0.3, -0.25) is 9.59 Å². The fourth-order valence-corrected chi connectivity index (χ4v) is 3.52. The lowest BCUT2D eigenvalue weighted by molar-refractivity contribution is 0.0303. The van der Waals surface area contributed by atoms with E-state index in [9.17, 15) is 9.59 Å². The summed E-state index contributed by atoms with van der Waals surface area (Å²) in [6.45, 7) is 2.64. The predicted molar refractivity (Wildman–Crippen MR) is 110 cm³/mol. The molecule has 0 atom stereocenters. The van der Waals surface area contributed by atoms with Crippen LogP contribution in [0.25, 0.3) is 0 Å². The van der Waals surface area contributed by atoms with Crippen LogP contribution in [0, 0.1) is 0 Å². The highest BCUT2D eigenvalue weighted by Gasteiger charge is 2.21. The molecule has 3 N–H and O–H groups in total. The average Bonchev–Trinajstić information content (AvgIpc) is 3.17. The number of ether oxygens (including phenoxy) is 2. The number of thiazole rings is 1. The number of nitrogens with two attached hydrogens (primary N) is 1. The quantitative estimate of drug-likeness (QED) is 0.729. The third-order valence-electron chi connectivity index (χ3n) is 4.14. The van der Waals surface area contributed by atoms with Gasteiger partial charge in [-0.25, -0.2) is 4.98 Å². The maximum atomic E-state index is 12.7. The van der Waals surface area contributed by atoms with Crippen molar-refractivity contribution >= 4 is 41.2 Å². The van der Waals surface area contributed by atoms with Gasteiger partial charge >= 0.3 is 0 Å². The molecule has 2 aromatic rings. The summed E-state index contributed by atoms with van der Waals surface area (Å²) >= 11 is 1.39. The number of carbonyl (C=O) groups excluding carboxylic acids is 2. The summed E-state index contributed by atoms with van der Waals surface area (Å²) in [5.41, 5.74) is 6.74. The molecule has 8 nitrogen and oxygen atoms in total. The van der Waals surface area contributed by atoms with Crippen LogP contribution in [0.4, 0.5) is 5.69 Å².